The first-order valence-corrected chi connectivity index (χ1v) is 12.9. The molecule has 0 unspecified atom stereocenters. The fourth-order valence-corrected chi connectivity index (χ4v) is 6.68. The van der Waals surface area contributed by atoms with Gasteiger partial charge in [0.1, 0.15) is 0 Å². The molecule has 1 N–H and O–H groups in total. The predicted octanol–water partition coefficient (Wildman–Crippen LogP) is 3.69. The Morgan fingerprint density at radius 3 is 2.39 bits per heavy atom. The molecule has 7 heteroatoms. The largest absolute Gasteiger partial charge is 0.324 e. The maximum atomic E-state index is 12.7. The molecule has 1 spiro atoms. The smallest absolute Gasteiger partial charge is 0.238 e. The number of amides is 1. The van der Waals surface area contributed by atoms with Gasteiger partial charge in [0, 0.05) is 23.2 Å². The van der Waals surface area contributed by atoms with Crippen LogP contribution in [0.5, 0.6) is 0 Å². The number of likely N-dealkylation sites (tertiary alicyclic amines) is 1. The van der Waals surface area contributed by atoms with Gasteiger partial charge in [-0.25, -0.2) is 8.42 Å². The average molecular weight is 444 g/mol. The van der Waals surface area contributed by atoms with Crippen LogP contribution in [-0.2, 0) is 14.8 Å². The highest BCUT2D eigenvalue weighted by Crippen LogP contribution is 2.45. The number of nitrogens with one attached hydrogen (secondary N) is 1. The Morgan fingerprint density at radius 1 is 1.00 bits per heavy atom. The molecule has 2 saturated heterocycles. The quantitative estimate of drug-likeness (QED) is 0.782. The van der Waals surface area contributed by atoms with Crippen molar-refractivity contribution >= 4 is 32.4 Å². The van der Waals surface area contributed by atoms with Crippen molar-refractivity contribution in [2.75, 3.05) is 37.8 Å². The number of fused-ring (bicyclic) bond motifs is 1. The van der Waals surface area contributed by atoms with Crippen LogP contribution in [0.1, 0.15) is 39.5 Å². The molecule has 2 aromatic rings. The van der Waals surface area contributed by atoms with E-state index in [-0.39, 0.29) is 16.9 Å². The second kappa shape index (κ2) is 8.19. The van der Waals surface area contributed by atoms with Gasteiger partial charge in [-0.05, 0) is 69.5 Å². The van der Waals surface area contributed by atoms with E-state index in [2.05, 4.69) is 10.2 Å². The summed E-state index contributed by atoms with van der Waals surface area (Å²) in [4.78, 5) is 14.9. The number of anilines is 1. The summed E-state index contributed by atoms with van der Waals surface area (Å²) in [6.45, 7) is 6.64. The van der Waals surface area contributed by atoms with Crippen LogP contribution in [0, 0.1) is 5.41 Å². The minimum Gasteiger partial charge on any atom is -0.324 e. The van der Waals surface area contributed by atoms with E-state index in [9.17, 15) is 13.2 Å². The van der Waals surface area contributed by atoms with Gasteiger partial charge in [0.25, 0.3) is 0 Å². The van der Waals surface area contributed by atoms with E-state index in [1.807, 2.05) is 56.3 Å². The first kappa shape index (κ1) is 22.2. The van der Waals surface area contributed by atoms with Crippen LogP contribution >= 0.6 is 0 Å². The van der Waals surface area contributed by atoms with Crippen molar-refractivity contribution in [3.8, 4) is 0 Å². The van der Waals surface area contributed by atoms with Crippen LogP contribution in [0.3, 0.4) is 0 Å². The average Bonchev–Trinajstić information content (AvgIpc) is 2.71. The van der Waals surface area contributed by atoms with E-state index in [1.165, 1.54) is 6.26 Å². The number of piperidine rings is 2. The lowest BCUT2D eigenvalue weighted by Gasteiger charge is -2.52. The summed E-state index contributed by atoms with van der Waals surface area (Å²) in [6.07, 6.45) is 5.09. The van der Waals surface area contributed by atoms with E-state index in [0.29, 0.717) is 13.1 Å². The van der Waals surface area contributed by atoms with Crippen molar-refractivity contribution in [3.63, 3.8) is 0 Å². The third kappa shape index (κ3) is 4.78. The van der Waals surface area contributed by atoms with Crippen molar-refractivity contribution in [1.82, 2.24) is 9.21 Å². The lowest BCUT2D eigenvalue weighted by molar-refractivity contribution is -0.118. The van der Waals surface area contributed by atoms with Gasteiger partial charge < -0.3 is 5.32 Å². The van der Waals surface area contributed by atoms with E-state index in [0.717, 1.165) is 55.2 Å². The van der Waals surface area contributed by atoms with Crippen LogP contribution in [0.2, 0.25) is 0 Å². The van der Waals surface area contributed by atoms with Gasteiger partial charge in [-0.3, -0.25) is 9.69 Å². The fraction of sp³-hybridized carbons (Fsp3) is 0.542. The molecule has 0 radical (unpaired) electrons. The molecule has 0 aromatic heterocycles. The Hall–Kier alpha value is -1.96. The maximum Gasteiger partial charge on any atom is 0.238 e. The summed E-state index contributed by atoms with van der Waals surface area (Å²) in [6, 6.07) is 14.0. The summed E-state index contributed by atoms with van der Waals surface area (Å²) < 4.78 is 26.4. The van der Waals surface area contributed by atoms with Gasteiger partial charge in [-0.15, -0.1) is 0 Å². The summed E-state index contributed by atoms with van der Waals surface area (Å²) in [5.41, 5.74) is 0.546. The summed E-state index contributed by atoms with van der Waals surface area (Å²) >= 11 is 0. The second-order valence-electron chi connectivity index (χ2n) is 9.93. The summed E-state index contributed by atoms with van der Waals surface area (Å²) in [7, 11) is -3.24. The predicted molar refractivity (Wildman–Crippen MR) is 126 cm³/mol. The topological polar surface area (TPSA) is 69.7 Å². The Balaban J connectivity index is 1.36. The third-order valence-electron chi connectivity index (χ3n) is 7.17. The molecule has 0 aliphatic carbocycles. The van der Waals surface area contributed by atoms with E-state index < -0.39 is 10.0 Å². The van der Waals surface area contributed by atoms with Crippen LogP contribution in [0.4, 0.5) is 5.69 Å². The van der Waals surface area contributed by atoms with Crippen molar-refractivity contribution in [2.45, 2.75) is 45.1 Å². The summed E-state index contributed by atoms with van der Waals surface area (Å²) in [5.74, 6) is -0.00477. The molecule has 0 atom stereocenters. The highest BCUT2D eigenvalue weighted by atomic mass is 32.2. The zero-order valence-corrected chi connectivity index (χ0v) is 19.5. The zero-order valence-electron chi connectivity index (χ0n) is 18.7. The molecule has 6 nitrogen and oxygen atoms in total. The third-order valence-corrected chi connectivity index (χ3v) is 8.59. The van der Waals surface area contributed by atoms with Gasteiger partial charge >= 0.3 is 0 Å². The normalized spacial score (nSPS) is 21.9. The lowest BCUT2D eigenvalue weighted by Crippen LogP contribution is -2.58. The minimum absolute atomic E-state index is 0.00477. The molecule has 2 aliphatic rings. The number of rotatable bonds is 4. The number of carbonyl (C=O) groups excluding carboxylic acids is 1. The van der Waals surface area contributed by atoms with Crippen molar-refractivity contribution in [1.29, 1.82) is 0 Å². The fourth-order valence-electron chi connectivity index (χ4n) is 5.18. The standard InChI is InChI=1S/C24H33N3O3S/c1-23(2)11-12-24(18-27(23)31(3,29)30)13-15-26(16-14-24)17-22(28)25-21-10-6-8-19-7-4-5-9-20(19)21/h4-10H,11-18H2,1-3H3,(H,25,28). The molecule has 2 aliphatic heterocycles. The van der Waals surface area contributed by atoms with E-state index >= 15 is 0 Å². The Morgan fingerprint density at radius 2 is 1.68 bits per heavy atom. The van der Waals surface area contributed by atoms with Gasteiger partial charge in [-0.2, -0.15) is 4.31 Å². The molecule has 2 heterocycles. The van der Waals surface area contributed by atoms with Gasteiger partial charge in [0.2, 0.25) is 15.9 Å². The lowest BCUT2D eigenvalue weighted by atomic mass is 9.69. The number of carbonyl (C=O) groups is 1. The molecule has 31 heavy (non-hydrogen) atoms. The Labute approximate surface area is 185 Å². The molecular weight excluding hydrogens is 410 g/mol. The number of sulfonamides is 1. The number of hydrogen-bond acceptors (Lipinski definition) is 4. The molecule has 0 bridgehead atoms. The number of hydrogen-bond donors (Lipinski definition) is 1. The second-order valence-corrected chi connectivity index (χ2v) is 11.8. The van der Waals surface area contributed by atoms with Gasteiger partial charge in [0.15, 0.2) is 0 Å². The molecular formula is C24H33N3O3S. The van der Waals surface area contributed by atoms with Crippen LogP contribution in [0.15, 0.2) is 42.5 Å². The van der Waals surface area contributed by atoms with Crippen LogP contribution in [0.25, 0.3) is 10.8 Å². The maximum absolute atomic E-state index is 12.7. The molecule has 1 amide bonds. The van der Waals surface area contributed by atoms with E-state index in [4.69, 9.17) is 0 Å². The molecule has 2 fully saturated rings. The first-order valence-electron chi connectivity index (χ1n) is 11.1. The zero-order chi connectivity index (χ0) is 22.3. The van der Waals surface area contributed by atoms with Crippen molar-refractivity contribution in [3.05, 3.63) is 42.5 Å². The molecule has 0 saturated carbocycles. The van der Waals surface area contributed by atoms with Crippen LogP contribution < -0.4 is 5.32 Å². The van der Waals surface area contributed by atoms with Gasteiger partial charge in [-0.1, -0.05) is 36.4 Å². The molecule has 2 aromatic carbocycles. The SMILES string of the molecule is CC1(C)CCC2(CCN(CC(=O)Nc3cccc4ccccc34)CC2)CN1S(C)(=O)=O. The highest BCUT2D eigenvalue weighted by molar-refractivity contribution is 7.88. The minimum atomic E-state index is -3.24. The summed E-state index contributed by atoms with van der Waals surface area (Å²) in [5, 5.41) is 5.22. The van der Waals surface area contributed by atoms with Crippen molar-refractivity contribution in [2.24, 2.45) is 5.41 Å². The van der Waals surface area contributed by atoms with Crippen LogP contribution in [-0.4, -0.2) is 61.5 Å². The Bertz CT molecular complexity index is 1070. The molecule has 168 valence electrons. The van der Waals surface area contributed by atoms with Gasteiger partial charge in [0.05, 0.1) is 12.8 Å². The number of nitrogens with zero attached hydrogens (tertiary/aromatic N) is 2. The highest BCUT2D eigenvalue weighted by Gasteiger charge is 2.47. The first-order chi connectivity index (χ1) is 14.6. The molecule has 4 rings (SSSR count). The number of benzene rings is 2. The van der Waals surface area contributed by atoms with Crippen molar-refractivity contribution < 1.29 is 13.2 Å². The Kier molecular flexibility index (Phi) is 5.87. The van der Waals surface area contributed by atoms with E-state index in [1.54, 1.807) is 4.31 Å². The monoisotopic (exact) mass is 443 g/mol.